The molecular weight excluding hydrogens is 372 g/mol. The standard InChI is InChI=1S/C22H20N2O3S/c1-28-18-9-4-8-17(13-18)23-21(25)19-12-15-6-2-3-7-16(15)14-24(19)22(26)20-10-5-11-27-20/h2-11,13,19H,12,14H2,1H3,(H,23,25)/t19-/m1/s1. The average molecular weight is 392 g/mol. The minimum absolute atomic E-state index is 0.201. The lowest BCUT2D eigenvalue weighted by Gasteiger charge is -2.35. The molecule has 28 heavy (non-hydrogen) atoms. The molecule has 1 aliphatic rings. The molecule has 0 fully saturated rings. The summed E-state index contributed by atoms with van der Waals surface area (Å²) in [4.78, 5) is 28.8. The zero-order valence-corrected chi connectivity index (χ0v) is 16.2. The van der Waals surface area contributed by atoms with Crippen LogP contribution in [0, 0.1) is 0 Å². The third kappa shape index (κ3) is 3.68. The molecule has 0 bridgehead atoms. The number of anilines is 1. The van der Waals surface area contributed by atoms with Crippen molar-refractivity contribution in [3.63, 3.8) is 0 Å². The Kier molecular flexibility index (Phi) is 5.21. The number of nitrogens with one attached hydrogen (secondary N) is 1. The van der Waals surface area contributed by atoms with E-state index in [1.54, 1.807) is 28.8 Å². The van der Waals surface area contributed by atoms with Crippen LogP contribution in [0.2, 0.25) is 0 Å². The summed E-state index contributed by atoms with van der Waals surface area (Å²) in [6, 6.07) is 18.3. The number of rotatable bonds is 4. The summed E-state index contributed by atoms with van der Waals surface area (Å²) in [5, 5.41) is 2.97. The van der Waals surface area contributed by atoms with Crippen LogP contribution >= 0.6 is 11.8 Å². The highest BCUT2D eigenvalue weighted by molar-refractivity contribution is 7.98. The van der Waals surface area contributed by atoms with Crippen LogP contribution in [0.15, 0.2) is 76.2 Å². The van der Waals surface area contributed by atoms with Gasteiger partial charge in [0.15, 0.2) is 5.76 Å². The van der Waals surface area contributed by atoms with E-state index in [-0.39, 0.29) is 17.6 Å². The van der Waals surface area contributed by atoms with Gasteiger partial charge in [-0.05, 0) is 47.7 Å². The van der Waals surface area contributed by atoms with Crippen molar-refractivity contribution < 1.29 is 14.0 Å². The smallest absolute Gasteiger partial charge is 0.290 e. The molecule has 3 aromatic rings. The van der Waals surface area contributed by atoms with Gasteiger partial charge in [-0.2, -0.15) is 0 Å². The molecule has 1 aromatic heterocycles. The van der Waals surface area contributed by atoms with E-state index >= 15 is 0 Å². The van der Waals surface area contributed by atoms with E-state index in [2.05, 4.69) is 5.32 Å². The Morgan fingerprint density at radius 3 is 2.64 bits per heavy atom. The summed E-state index contributed by atoms with van der Waals surface area (Å²) in [5.74, 6) is -0.244. The molecule has 2 aromatic carbocycles. The Labute approximate surface area is 167 Å². The number of amides is 2. The highest BCUT2D eigenvalue weighted by Crippen LogP contribution is 2.27. The van der Waals surface area contributed by atoms with Gasteiger partial charge in [0.25, 0.3) is 5.91 Å². The Balaban J connectivity index is 1.63. The van der Waals surface area contributed by atoms with Crippen molar-refractivity contribution in [3.05, 3.63) is 83.8 Å². The van der Waals surface area contributed by atoms with Gasteiger partial charge in [-0.25, -0.2) is 0 Å². The SMILES string of the molecule is CSc1cccc(NC(=O)[C@H]2Cc3ccccc3CN2C(=O)c2ccco2)c1. The van der Waals surface area contributed by atoms with Gasteiger partial charge in [0, 0.05) is 23.5 Å². The number of hydrogen-bond acceptors (Lipinski definition) is 4. The van der Waals surface area contributed by atoms with E-state index in [1.807, 2.05) is 54.8 Å². The van der Waals surface area contributed by atoms with Crippen LogP contribution in [0.1, 0.15) is 21.7 Å². The predicted octanol–water partition coefficient (Wildman–Crippen LogP) is 4.21. The van der Waals surface area contributed by atoms with E-state index in [1.165, 1.54) is 6.26 Å². The van der Waals surface area contributed by atoms with Crippen molar-refractivity contribution in [1.82, 2.24) is 4.90 Å². The third-order valence-corrected chi connectivity index (χ3v) is 5.61. The molecule has 0 unspecified atom stereocenters. The van der Waals surface area contributed by atoms with Crippen molar-refractivity contribution in [3.8, 4) is 0 Å². The summed E-state index contributed by atoms with van der Waals surface area (Å²) >= 11 is 1.61. The summed E-state index contributed by atoms with van der Waals surface area (Å²) in [6.07, 6.45) is 3.92. The van der Waals surface area contributed by atoms with E-state index in [4.69, 9.17) is 4.42 Å². The number of nitrogens with zero attached hydrogens (tertiary/aromatic N) is 1. The van der Waals surface area contributed by atoms with Gasteiger partial charge < -0.3 is 14.6 Å². The van der Waals surface area contributed by atoms with Crippen LogP contribution in [0.5, 0.6) is 0 Å². The second-order valence-corrected chi connectivity index (χ2v) is 7.50. The summed E-state index contributed by atoms with van der Waals surface area (Å²) in [6.45, 7) is 0.374. The molecule has 0 saturated carbocycles. The number of benzene rings is 2. The molecule has 5 nitrogen and oxygen atoms in total. The van der Waals surface area contributed by atoms with Crippen LogP contribution in [-0.2, 0) is 17.8 Å². The fourth-order valence-electron chi connectivity index (χ4n) is 3.44. The molecule has 0 saturated heterocycles. The molecule has 0 aliphatic carbocycles. The first-order chi connectivity index (χ1) is 13.7. The van der Waals surface area contributed by atoms with Gasteiger partial charge >= 0.3 is 0 Å². The molecule has 6 heteroatoms. The lowest BCUT2D eigenvalue weighted by Crippen LogP contribution is -2.50. The molecular formula is C22H20N2O3S. The van der Waals surface area contributed by atoms with Gasteiger partial charge in [0.05, 0.1) is 6.26 Å². The van der Waals surface area contributed by atoms with Gasteiger partial charge in [-0.3, -0.25) is 9.59 Å². The van der Waals surface area contributed by atoms with Crippen molar-refractivity contribution in [2.24, 2.45) is 0 Å². The van der Waals surface area contributed by atoms with Crippen LogP contribution in [0.25, 0.3) is 0 Å². The van der Waals surface area contributed by atoms with Crippen molar-refractivity contribution in [2.45, 2.75) is 23.9 Å². The van der Waals surface area contributed by atoms with Crippen LogP contribution in [0.4, 0.5) is 5.69 Å². The number of thioether (sulfide) groups is 1. The Morgan fingerprint density at radius 2 is 1.89 bits per heavy atom. The van der Waals surface area contributed by atoms with Crippen molar-refractivity contribution in [2.75, 3.05) is 11.6 Å². The normalized spacial score (nSPS) is 15.8. The van der Waals surface area contributed by atoms with Crippen LogP contribution in [-0.4, -0.2) is 29.0 Å². The van der Waals surface area contributed by atoms with Crippen molar-refractivity contribution >= 4 is 29.3 Å². The number of furan rings is 1. The highest BCUT2D eigenvalue weighted by atomic mass is 32.2. The first-order valence-electron chi connectivity index (χ1n) is 9.02. The molecule has 142 valence electrons. The van der Waals surface area contributed by atoms with Crippen molar-refractivity contribution in [1.29, 1.82) is 0 Å². The fraction of sp³-hybridized carbons (Fsp3) is 0.182. The van der Waals surface area contributed by atoms with E-state index < -0.39 is 6.04 Å². The molecule has 0 spiro atoms. The lowest BCUT2D eigenvalue weighted by molar-refractivity contribution is -0.121. The predicted molar refractivity (Wildman–Crippen MR) is 109 cm³/mol. The van der Waals surface area contributed by atoms with E-state index in [9.17, 15) is 9.59 Å². The molecule has 2 heterocycles. The molecule has 1 aliphatic heterocycles. The Bertz CT molecular complexity index is 1000. The van der Waals surface area contributed by atoms with Gasteiger partial charge in [0.1, 0.15) is 6.04 Å². The highest BCUT2D eigenvalue weighted by Gasteiger charge is 2.36. The van der Waals surface area contributed by atoms with E-state index in [0.717, 1.165) is 21.7 Å². The quantitative estimate of drug-likeness (QED) is 0.676. The number of carbonyl (C=O) groups is 2. The maximum atomic E-state index is 13.1. The maximum Gasteiger partial charge on any atom is 0.290 e. The van der Waals surface area contributed by atoms with E-state index in [0.29, 0.717) is 13.0 Å². The second-order valence-electron chi connectivity index (χ2n) is 6.62. The molecule has 4 rings (SSSR count). The van der Waals surface area contributed by atoms with Gasteiger partial charge in [-0.1, -0.05) is 30.3 Å². The average Bonchev–Trinajstić information content (AvgIpc) is 3.27. The summed E-state index contributed by atoms with van der Waals surface area (Å²) < 4.78 is 5.29. The Hall–Kier alpha value is -2.99. The molecule has 1 N–H and O–H groups in total. The van der Waals surface area contributed by atoms with Crippen LogP contribution < -0.4 is 5.32 Å². The summed E-state index contributed by atoms with van der Waals surface area (Å²) in [5.41, 5.74) is 2.86. The summed E-state index contributed by atoms with van der Waals surface area (Å²) in [7, 11) is 0. The maximum absolute atomic E-state index is 13.1. The molecule has 1 atom stereocenters. The number of hydrogen-bond donors (Lipinski definition) is 1. The zero-order valence-electron chi connectivity index (χ0n) is 15.4. The number of fused-ring (bicyclic) bond motifs is 1. The first-order valence-corrected chi connectivity index (χ1v) is 10.2. The lowest BCUT2D eigenvalue weighted by atomic mass is 9.93. The molecule has 0 radical (unpaired) electrons. The van der Waals surface area contributed by atoms with Gasteiger partial charge in [0.2, 0.25) is 5.91 Å². The largest absolute Gasteiger partial charge is 0.459 e. The Morgan fingerprint density at radius 1 is 1.07 bits per heavy atom. The fourth-order valence-corrected chi connectivity index (χ4v) is 3.90. The minimum atomic E-state index is -0.606. The molecule has 2 amide bonds. The monoisotopic (exact) mass is 392 g/mol. The van der Waals surface area contributed by atoms with Crippen LogP contribution in [0.3, 0.4) is 0 Å². The minimum Gasteiger partial charge on any atom is -0.459 e. The zero-order chi connectivity index (χ0) is 19.5. The van der Waals surface area contributed by atoms with Gasteiger partial charge in [-0.15, -0.1) is 11.8 Å². The third-order valence-electron chi connectivity index (χ3n) is 4.88. The second kappa shape index (κ2) is 7.94. The first kappa shape index (κ1) is 18.4. The topological polar surface area (TPSA) is 62.6 Å². The number of carbonyl (C=O) groups excluding carboxylic acids is 2.